The summed E-state index contributed by atoms with van der Waals surface area (Å²) in [5, 5.41) is 5.11. The van der Waals surface area contributed by atoms with Gasteiger partial charge < -0.3 is 15.4 Å². The minimum absolute atomic E-state index is 0.0494. The average Bonchev–Trinajstić information content (AvgIpc) is 3.24. The zero-order valence-electron chi connectivity index (χ0n) is 17.4. The van der Waals surface area contributed by atoms with Gasteiger partial charge in [0.15, 0.2) is 6.61 Å². The Morgan fingerprint density at radius 1 is 1.21 bits per heavy atom. The molecule has 1 saturated heterocycles. The summed E-state index contributed by atoms with van der Waals surface area (Å²) in [5.74, 6) is -0.768. The Bertz CT molecular complexity index is 1210. The number of amides is 2. The molecule has 2 aromatic rings. The lowest BCUT2D eigenvalue weighted by atomic mass is 10.2. The van der Waals surface area contributed by atoms with Crippen LogP contribution in [-0.4, -0.2) is 43.7 Å². The lowest BCUT2D eigenvalue weighted by molar-refractivity contribution is -0.137. The maximum Gasteiger partial charge on any atom is 0.416 e. The van der Waals surface area contributed by atoms with Crippen molar-refractivity contribution in [3.63, 3.8) is 0 Å². The largest absolute Gasteiger partial charge is 0.482 e. The second-order valence-corrected chi connectivity index (χ2v) is 9.65. The van der Waals surface area contributed by atoms with E-state index in [2.05, 4.69) is 10.6 Å². The van der Waals surface area contributed by atoms with Crippen molar-refractivity contribution in [2.24, 2.45) is 0 Å². The Hall–Kier alpha value is -3.12. The predicted octanol–water partition coefficient (Wildman–Crippen LogP) is 3.14. The van der Waals surface area contributed by atoms with Crippen LogP contribution in [0.25, 0.3) is 0 Å². The van der Waals surface area contributed by atoms with Gasteiger partial charge in [0.2, 0.25) is 15.9 Å². The molecule has 0 radical (unpaired) electrons. The second-order valence-electron chi connectivity index (χ2n) is 7.79. The summed E-state index contributed by atoms with van der Waals surface area (Å²) in [7, 11) is -4.10. The number of hydrogen-bond donors (Lipinski definition) is 2. The van der Waals surface area contributed by atoms with Gasteiger partial charge in [0.25, 0.3) is 5.91 Å². The minimum atomic E-state index is -4.50. The number of sulfonamides is 1. The van der Waals surface area contributed by atoms with Gasteiger partial charge in [-0.25, -0.2) is 8.42 Å². The number of carbonyl (C=O) groups excluding carboxylic acids is 2. The number of benzene rings is 2. The molecular formula is C21H20F3N3O5S. The van der Waals surface area contributed by atoms with Gasteiger partial charge in [0.05, 0.1) is 16.1 Å². The molecule has 2 aliphatic rings. The van der Waals surface area contributed by atoms with Crippen molar-refractivity contribution in [1.82, 2.24) is 4.31 Å². The molecule has 0 aliphatic carbocycles. The quantitative estimate of drug-likeness (QED) is 0.695. The summed E-state index contributed by atoms with van der Waals surface area (Å²) in [6.45, 7) is 1.44. The van der Waals surface area contributed by atoms with Crippen molar-refractivity contribution in [1.29, 1.82) is 0 Å². The molecular weight excluding hydrogens is 463 g/mol. The van der Waals surface area contributed by atoms with E-state index in [0.29, 0.717) is 17.7 Å². The van der Waals surface area contributed by atoms with Crippen LogP contribution in [-0.2, 0) is 25.8 Å². The first-order chi connectivity index (χ1) is 15.5. The molecule has 2 aromatic carbocycles. The van der Waals surface area contributed by atoms with Crippen molar-refractivity contribution in [3.8, 4) is 5.75 Å². The predicted molar refractivity (Wildman–Crippen MR) is 112 cm³/mol. The van der Waals surface area contributed by atoms with Crippen molar-refractivity contribution < 1.29 is 35.9 Å². The number of anilines is 2. The second kappa shape index (κ2) is 8.34. The lowest BCUT2D eigenvalue weighted by Crippen LogP contribution is -2.43. The third-order valence-corrected chi connectivity index (χ3v) is 7.53. The lowest BCUT2D eigenvalue weighted by Gasteiger charge is -2.26. The minimum Gasteiger partial charge on any atom is -0.482 e. The smallest absolute Gasteiger partial charge is 0.416 e. The van der Waals surface area contributed by atoms with Crippen LogP contribution in [0, 0.1) is 6.92 Å². The normalized spacial score (nSPS) is 18.9. The molecule has 2 aliphatic heterocycles. The van der Waals surface area contributed by atoms with Gasteiger partial charge in [0, 0.05) is 18.3 Å². The van der Waals surface area contributed by atoms with Gasteiger partial charge in [0.1, 0.15) is 11.8 Å². The van der Waals surface area contributed by atoms with E-state index in [-0.39, 0.29) is 41.8 Å². The van der Waals surface area contributed by atoms with E-state index in [1.165, 1.54) is 12.1 Å². The summed E-state index contributed by atoms with van der Waals surface area (Å²) >= 11 is 0. The number of hydrogen-bond acceptors (Lipinski definition) is 5. The molecule has 1 unspecified atom stereocenters. The van der Waals surface area contributed by atoms with Gasteiger partial charge in [-0.1, -0.05) is 0 Å². The number of alkyl halides is 3. The summed E-state index contributed by atoms with van der Waals surface area (Å²) < 4.78 is 71.4. The van der Waals surface area contributed by atoms with E-state index < -0.39 is 33.7 Å². The van der Waals surface area contributed by atoms with Crippen LogP contribution in [0.1, 0.15) is 24.0 Å². The summed E-state index contributed by atoms with van der Waals surface area (Å²) in [6.07, 6.45) is -3.79. The van der Waals surface area contributed by atoms with Crippen LogP contribution >= 0.6 is 0 Å². The van der Waals surface area contributed by atoms with E-state index in [9.17, 15) is 31.2 Å². The zero-order valence-corrected chi connectivity index (χ0v) is 18.2. The Morgan fingerprint density at radius 3 is 2.58 bits per heavy atom. The molecule has 2 heterocycles. The highest BCUT2D eigenvalue weighted by Crippen LogP contribution is 2.36. The molecule has 8 nitrogen and oxygen atoms in total. The molecule has 0 spiro atoms. The Kier molecular flexibility index (Phi) is 5.83. The summed E-state index contributed by atoms with van der Waals surface area (Å²) in [6, 6.07) is 5.71. The summed E-state index contributed by atoms with van der Waals surface area (Å²) in [5.41, 5.74) is 0.00674. The van der Waals surface area contributed by atoms with Gasteiger partial charge >= 0.3 is 6.18 Å². The highest BCUT2D eigenvalue weighted by atomic mass is 32.2. The van der Waals surface area contributed by atoms with Crippen LogP contribution < -0.4 is 15.4 Å². The number of aryl methyl sites for hydroxylation is 1. The maximum atomic E-state index is 13.4. The molecule has 4 rings (SSSR count). The van der Waals surface area contributed by atoms with Crippen LogP contribution in [0.15, 0.2) is 41.3 Å². The van der Waals surface area contributed by atoms with Gasteiger partial charge in [-0.3, -0.25) is 9.59 Å². The number of halogens is 3. The highest BCUT2D eigenvalue weighted by molar-refractivity contribution is 7.89. The third kappa shape index (κ3) is 4.53. The SMILES string of the molecule is Cc1cc2c(cc1S(=O)(=O)N1CCCC1C(=O)Nc1ccc(C(F)(F)F)cc1)OCC(=O)N2. The summed E-state index contributed by atoms with van der Waals surface area (Å²) in [4.78, 5) is 24.3. The third-order valence-electron chi connectivity index (χ3n) is 5.48. The Morgan fingerprint density at radius 2 is 1.91 bits per heavy atom. The van der Waals surface area contributed by atoms with Crippen molar-refractivity contribution in [2.75, 3.05) is 23.8 Å². The fourth-order valence-corrected chi connectivity index (χ4v) is 5.76. The topological polar surface area (TPSA) is 105 Å². The Labute approximate surface area is 187 Å². The molecule has 1 atom stereocenters. The molecule has 176 valence electrons. The first kappa shape index (κ1) is 23.1. The number of nitrogens with one attached hydrogen (secondary N) is 2. The van der Waals surface area contributed by atoms with E-state index in [4.69, 9.17) is 4.74 Å². The van der Waals surface area contributed by atoms with Crippen molar-refractivity contribution in [3.05, 3.63) is 47.5 Å². The van der Waals surface area contributed by atoms with Crippen LogP contribution in [0.2, 0.25) is 0 Å². The monoisotopic (exact) mass is 483 g/mol. The number of rotatable bonds is 4. The molecule has 1 fully saturated rings. The molecule has 0 bridgehead atoms. The molecule has 2 amide bonds. The fraction of sp³-hybridized carbons (Fsp3) is 0.333. The van der Waals surface area contributed by atoms with Crippen LogP contribution in [0.3, 0.4) is 0 Å². The molecule has 33 heavy (non-hydrogen) atoms. The Balaban J connectivity index is 1.56. The number of fused-ring (bicyclic) bond motifs is 1. The van der Waals surface area contributed by atoms with E-state index in [1.54, 1.807) is 6.92 Å². The van der Waals surface area contributed by atoms with E-state index in [0.717, 1.165) is 28.6 Å². The van der Waals surface area contributed by atoms with Gasteiger partial charge in [-0.05, 0) is 55.7 Å². The molecule has 0 saturated carbocycles. The first-order valence-electron chi connectivity index (χ1n) is 10.0. The first-order valence-corrected chi connectivity index (χ1v) is 11.5. The number of ether oxygens (including phenoxy) is 1. The number of carbonyl (C=O) groups is 2. The molecule has 0 aromatic heterocycles. The van der Waals surface area contributed by atoms with Gasteiger partial charge in [-0.15, -0.1) is 0 Å². The molecule has 12 heteroatoms. The number of nitrogens with zero attached hydrogens (tertiary/aromatic N) is 1. The van der Waals surface area contributed by atoms with Crippen LogP contribution in [0.5, 0.6) is 5.75 Å². The van der Waals surface area contributed by atoms with E-state index >= 15 is 0 Å². The molecule has 2 N–H and O–H groups in total. The maximum absolute atomic E-state index is 13.4. The fourth-order valence-electron chi connectivity index (χ4n) is 3.88. The zero-order chi connectivity index (χ0) is 24.0. The van der Waals surface area contributed by atoms with Crippen molar-refractivity contribution in [2.45, 2.75) is 36.9 Å². The van der Waals surface area contributed by atoms with Crippen LogP contribution in [0.4, 0.5) is 24.5 Å². The van der Waals surface area contributed by atoms with Gasteiger partial charge in [-0.2, -0.15) is 17.5 Å². The van der Waals surface area contributed by atoms with E-state index in [1.807, 2.05) is 0 Å². The standard InChI is InChI=1S/C21H20F3N3O5S/c1-12-9-15-17(32-11-19(28)26-15)10-18(12)33(30,31)27-8-2-3-16(27)20(29)25-14-6-4-13(5-7-14)21(22,23)24/h4-7,9-10,16H,2-3,8,11H2,1H3,(H,25,29)(H,26,28). The average molecular weight is 483 g/mol. The van der Waals surface area contributed by atoms with Crippen molar-refractivity contribution >= 4 is 33.2 Å². The highest BCUT2D eigenvalue weighted by Gasteiger charge is 2.40.